The number of primary sulfonamides is 1. The van der Waals surface area contributed by atoms with Crippen molar-refractivity contribution < 1.29 is 8.42 Å². The van der Waals surface area contributed by atoms with Gasteiger partial charge in [-0.15, -0.1) is 0 Å². The standard InChI is InChI=1S/C13H12BrClN2O2S/c14-12-6-1-9(7-13(12)15)8-17-10-2-4-11(5-3-10)20(16,18)19/h1-7,17H,8H2,(H2,16,18,19). The predicted molar refractivity (Wildman–Crippen MR) is 84.3 cm³/mol. The highest BCUT2D eigenvalue weighted by atomic mass is 79.9. The lowest BCUT2D eigenvalue weighted by Gasteiger charge is -2.08. The summed E-state index contributed by atoms with van der Waals surface area (Å²) < 4.78 is 23.1. The van der Waals surface area contributed by atoms with Gasteiger partial charge in [-0.1, -0.05) is 17.7 Å². The van der Waals surface area contributed by atoms with Crippen molar-refractivity contribution in [3.8, 4) is 0 Å². The van der Waals surface area contributed by atoms with E-state index in [4.69, 9.17) is 16.7 Å². The van der Waals surface area contributed by atoms with E-state index in [0.29, 0.717) is 11.6 Å². The third kappa shape index (κ3) is 3.96. The van der Waals surface area contributed by atoms with Crippen molar-refractivity contribution in [1.29, 1.82) is 0 Å². The molecular formula is C13H12BrClN2O2S. The molecule has 0 bridgehead atoms. The molecule has 3 N–H and O–H groups in total. The fraction of sp³-hybridized carbons (Fsp3) is 0.0769. The lowest BCUT2D eigenvalue weighted by atomic mass is 10.2. The Morgan fingerprint density at radius 3 is 2.35 bits per heavy atom. The number of anilines is 1. The molecule has 0 saturated heterocycles. The molecule has 2 aromatic rings. The second kappa shape index (κ2) is 6.13. The Kier molecular flexibility index (Phi) is 4.70. The summed E-state index contributed by atoms with van der Waals surface area (Å²) in [6.07, 6.45) is 0. The maximum absolute atomic E-state index is 11.1. The maximum Gasteiger partial charge on any atom is 0.238 e. The number of rotatable bonds is 4. The molecule has 2 aromatic carbocycles. The zero-order valence-electron chi connectivity index (χ0n) is 10.3. The second-order valence-electron chi connectivity index (χ2n) is 4.17. The van der Waals surface area contributed by atoms with Gasteiger partial charge in [0, 0.05) is 16.7 Å². The molecule has 0 aromatic heterocycles. The normalized spacial score (nSPS) is 11.3. The number of nitrogens with one attached hydrogen (secondary N) is 1. The number of sulfonamides is 1. The molecule has 4 nitrogen and oxygen atoms in total. The summed E-state index contributed by atoms with van der Waals surface area (Å²) in [5.41, 5.74) is 1.82. The molecule has 0 radical (unpaired) electrons. The highest BCUT2D eigenvalue weighted by molar-refractivity contribution is 9.10. The van der Waals surface area contributed by atoms with Crippen molar-refractivity contribution in [3.63, 3.8) is 0 Å². The summed E-state index contributed by atoms with van der Waals surface area (Å²) in [6.45, 7) is 0.585. The predicted octanol–water partition coefficient (Wildman–Crippen LogP) is 3.36. The molecule has 0 amide bonds. The van der Waals surface area contributed by atoms with Crippen molar-refractivity contribution in [1.82, 2.24) is 0 Å². The number of hydrogen-bond acceptors (Lipinski definition) is 3. The topological polar surface area (TPSA) is 72.2 Å². The molecule has 0 aliphatic rings. The minimum absolute atomic E-state index is 0.0923. The van der Waals surface area contributed by atoms with Crippen LogP contribution < -0.4 is 10.5 Å². The van der Waals surface area contributed by atoms with Gasteiger partial charge < -0.3 is 5.32 Å². The molecule has 7 heteroatoms. The maximum atomic E-state index is 11.1. The van der Waals surface area contributed by atoms with Crippen molar-refractivity contribution in [2.24, 2.45) is 5.14 Å². The second-order valence-corrected chi connectivity index (χ2v) is 6.99. The summed E-state index contributed by atoms with van der Waals surface area (Å²) in [6, 6.07) is 11.9. The highest BCUT2D eigenvalue weighted by Crippen LogP contribution is 2.23. The van der Waals surface area contributed by atoms with Crippen LogP contribution in [0.4, 0.5) is 5.69 Å². The van der Waals surface area contributed by atoms with Gasteiger partial charge in [0.1, 0.15) is 0 Å². The fourth-order valence-electron chi connectivity index (χ4n) is 1.62. The van der Waals surface area contributed by atoms with E-state index in [1.54, 1.807) is 12.1 Å². The first-order valence-corrected chi connectivity index (χ1v) is 8.38. The molecule has 0 saturated carbocycles. The third-order valence-electron chi connectivity index (χ3n) is 2.66. The van der Waals surface area contributed by atoms with Gasteiger partial charge in [-0.2, -0.15) is 0 Å². The Bertz CT molecular complexity index is 718. The minimum atomic E-state index is -3.65. The van der Waals surface area contributed by atoms with Crippen LogP contribution in [0.15, 0.2) is 51.8 Å². The van der Waals surface area contributed by atoms with E-state index in [1.165, 1.54) is 12.1 Å². The van der Waals surface area contributed by atoms with Crippen molar-refractivity contribution in [3.05, 3.63) is 57.5 Å². The molecule has 0 aliphatic carbocycles. The molecular weight excluding hydrogens is 364 g/mol. The molecule has 2 rings (SSSR count). The van der Waals surface area contributed by atoms with E-state index >= 15 is 0 Å². The van der Waals surface area contributed by atoms with Gasteiger partial charge in [-0.05, 0) is 57.9 Å². The number of benzene rings is 2. The first-order chi connectivity index (χ1) is 9.36. The zero-order valence-corrected chi connectivity index (χ0v) is 13.5. The zero-order chi connectivity index (χ0) is 14.8. The van der Waals surface area contributed by atoms with Gasteiger partial charge in [0.2, 0.25) is 10.0 Å². The quantitative estimate of drug-likeness (QED) is 0.860. The molecule has 0 unspecified atom stereocenters. The Labute approximate surface area is 131 Å². The monoisotopic (exact) mass is 374 g/mol. The van der Waals surface area contributed by atoms with E-state index in [0.717, 1.165) is 15.7 Å². The smallest absolute Gasteiger partial charge is 0.238 e. The van der Waals surface area contributed by atoms with E-state index in [2.05, 4.69) is 21.2 Å². The Hall–Kier alpha value is -1.08. The number of nitrogens with two attached hydrogens (primary N) is 1. The SMILES string of the molecule is NS(=O)(=O)c1ccc(NCc2ccc(Br)c(Cl)c2)cc1. The van der Waals surface area contributed by atoms with E-state index in [9.17, 15) is 8.42 Å². The van der Waals surface area contributed by atoms with Crippen molar-refractivity contribution in [2.75, 3.05) is 5.32 Å². The van der Waals surface area contributed by atoms with Gasteiger partial charge in [0.05, 0.1) is 9.92 Å². The van der Waals surface area contributed by atoms with Crippen molar-refractivity contribution >= 4 is 43.2 Å². The van der Waals surface area contributed by atoms with Crippen LogP contribution in [-0.2, 0) is 16.6 Å². The first kappa shape index (κ1) is 15.3. The van der Waals surface area contributed by atoms with Crippen LogP contribution in [0, 0.1) is 0 Å². The Morgan fingerprint density at radius 2 is 1.80 bits per heavy atom. The molecule has 0 fully saturated rings. The van der Waals surface area contributed by atoms with Gasteiger partial charge in [-0.25, -0.2) is 13.6 Å². The van der Waals surface area contributed by atoms with Crippen LogP contribution in [0.1, 0.15) is 5.56 Å². The van der Waals surface area contributed by atoms with Crippen LogP contribution in [-0.4, -0.2) is 8.42 Å². The van der Waals surface area contributed by atoms with Crippen LogP contribution in [0.5, 0.6) is 0 Å². The molecule has 0 spiro atoms. The lowest BCUT2D eigenvalue weighted by Crippen LogP contribution is -2.12. The number of hydrogen-bond donors (Lipinski definition) is 2. The van der Waals surface area contributed by atoms with Crippen LogP contribution in [0.3, 0.4) is 0 Å². The van der Waals surface area contributed by atoms with Crippen LogP contribution in [0.2, 0.25) is 5.02 Å². The van der Waals surface area contributed by atoms with E-state index in [-0.39, 0.29) is 4.90 Å². The molecule has 0 heterocycles. The molecule has 20 heavy (non-hydrogen) atoms. The van der Waals surface area contributed by atoms with Gasteiger partial charge >= 0.3 is 0 Å². The lowest BCUT2D eigenvalue weighted by molar-refractivity contribution is 0.598. The summed E-state index contributed by atoms with van der Waals surface area (Å²) in [5, 5.41) is 8.86. The minimum Gasteiger partial charge on any atom is -0.381 e. The summed E-state index contributed by atoms with van der Waals surface area (Å²) in [7, 11) is -3.65. The average Bonchev–Trinajstić information content (AvgIpc) is 2.40. The summed E-state index contributed by atoms with van der Waals surface area (Å²) in [5.74, 6) is 0. The Morgan fingerprint density at radius 1 is 1.15 bits per heavy atom. The first-order valence-electron chi connectivity index (χ1n) is 5.67. The van der Waals surface area contributed by atoms with Crippen molar-refractivity contribution in [2.45, 2.75) is 11.4 Å². The molecule has 106 valence electrons. The van der Waals surface area contributed by atoms with Gasteiger partial charge in [-0.3, -0.25) is 0 Å². The third-order valence-corrected chi connectivity index (χ3v) is 4.83. The summed E-state index contributed by atoms with van der Waals surface area (Å²) in [4.78, 5) is 0.0923. The largest absolute Gasteiger partial charge is 0.381 e. The highest BCUT2D eigenvalue weighted by Gasteiger charge is 2.06. The molecule has 0 atom stereocenters. The van der Waals surface area contributed by atoms with Crippen LogP contribution >= 0.6 is 27.5 Å². The number of halogens is 2. The van der Waals surface area contributed by atoms with Crippen LogP contribution in [0.25, 0.3) is 0 Å². The average molecular weight is 376 g/mol. The fourth-order valence-corrected chi connectivity index (χ4v) is 2.58. The van der Waals surface area contributed by atoms with Gasteiger partial charge in [0.25, 0.3) is 0 Å². The van der Waals surface area contributed by atoms with Gasteiger partial charge in [0.15, 0.2) is 0 Å². The Balaban J connectivity index is 2.06. The van der Waals surface area contributed by atoms with E-state index in [1.807, 2.05) is 18.2 Å². The van der Waals surface area contributed by atoms with E-state index < -0.39 is 10.0 Å². The molecule has 0 aliphatic heterocycles. The summed E-state index contributed by atoms with van der Waals surface area (Å²) >= 11 is 9.34.